The van der Waals surface area contributed by atoms with Gasteiger partial charge in [0.25, 0.3) is 0 Å². The molecule has 1 heterocycles. The summed E-state index contributed by atoms with van der Waals surface area (Å²) < 4.78 is 26.2. The summed E-state index contributed by atoms with van der Waals surface area (Å²) in [5.74, 6) is -1.68. The van der Waals surface area contributed by atoms with Gasteiger partial charge in [-0.25, -0.2) is 13.8 Å². The van der Waals surface area contributed by atoms with E-state index in [1.807, 2.05) is 6.92 Å². The zero-order chi connectivity index (χ0) is 11.5. The van der Waals surface area contributed by atoms with Crippen LogP contribution >= 0.6 is 11.3 Å². The molecule has 0 spiro atoms. The highest BCUT2D eigenvalue weighted by molar-refractivity contribution is 7.09. The van der Waals surface area contributed by atoms with Gasteiger partial charge in [0.15, 0.2) is 11.6 Å². The zero-order valence-corrected chi connectivity index (χ0v) is 9.44. The van der Waals surface area contributed by atoms with Crippen LogP contribution in [-0.4, -0.2) is 4.98 Å². The van der Waals surface area contributed by atoms with Crippen LogP contribution < -0.4 is 5.32 Å². The molecule has 0 saturated carbocycles. The Hall–Kier alpha value is -1.49. The molecule has 0 aliphatic rings. The molecule has 0 amide bonds. The van der Waals surface area contributed by atoms with E-state index in [2.05, 4.69) is 10.3 Å². The van der Waals surface area contributed by atoms with E-state index in [9.17, 15) is 8.78 Å². The maximum absolute atomic E-state index is 13.3. The molecule has 0 bridgehead atoms. The molecule has 84 valence electrons. The van der Waals surface area contributed by atoms with Crippen LogP contribution in [0.2, 0.25) is 0 Å². The minimum absolute atomic E-state index is 0.174. The van der Waals surface area contributed by atoms with E-state index in [1.54, 1.807) is 5.51 Å². The van der Waals surface area contributed by atoms with E-state index in [0.717, 1.165) is 16.6 Å². The second-order valence-electron chi connectivity index (χ2n) is 3.32. The summed E-state index contributed by atoms with van der Waals surface area (Å²) in [6.45, 7) is 2.34. The smallest absolute Gasteiger partial charge is 0.181 e. The Morgan fingerprint density at radius 1 is 1.38 bits per heavy atom. The molecule has 0 unspecified atom stereocenters. The Morgan fingerprint density at radius 2 is 2.19 bits per heavy atom. The second-order valence-corrected chi connectivity index (χ2v) is 4.26. The predicted octanol–water partition coefficient (Wildman–Crippen LogP) is 3.34. The Kier molecular flexibility index (Phi) is 3.14. The summed E-state index contributed by atoms with van der Waals surface area (Å²) in [5.41, 5.74) is 2.82. The first-order valence-corrected chi connectivity index (χ1v) is 5.63. The number of benzene rings is 1. The Balaban J connectivity index is 2.11. The van der Waals surface area contributed by atoms with E-state index >= 15 is 0 Å². The molecule has 2 rings (SSSR count). The first kappa shape index (κ1) is 11.0. The van der Waals surface area contributed by atoms with Crippen LogP contribution in [0.4, 0.5) is 14.5 Å². The number of nitrogens with zero attached hydrogens (tertiary/aromatic N) is 1. The fraction of sp³-hybridized carbons (Fsp3) is 0.182. The number of hydrogen-bond donors (Lipinski definition) is 1. The van der Waals surface area contributed by atoms with Crippen molar-refractivity contribution in [2.24, 2.45) is 0 Å². The molecule has 1 aromatic carbocycles. The van der Waals surface area contributed by atoms with Crippen molar-refractivity contribution in [2.75, 3.05) is 5.32 Å². The fourth-order valence-electron chi connectivity index (χ4n) is 1.31. The average Bonchev–Trinajstić information content (AvgIpc) is 2.67. The first-order chi connectivity index (χ1) is 7.68. The molecule has 2 aromatic rings. The van der Waals surface area contributed by atoms with E-state index in [1.165, 1.54) is 23.5 Å². The summed E-state index contributed by atoms with van der Waals surface area (Å²) in [7, 11) is 0. The van der Waals surface area contributed by atoms with Gasteiger partial charge in [-0.2, -0.15) is 0 Å². The van der Waals surface area contributed by atoms with Crippen LogP contribution in [0, 0.1) is 18.6 Å². The van der Waals surface area contributed by atoms with Crippen LogP contribution in [0.3, 0.4) is 0 Å². The van der Waals surface area contributed by atoms with Crippen LogP contribution in [0.15, 0.2) is 23.7 Å². The van der Waals surface area contributed by atoms with Crippen molar-refractivity contribution in [3.8, 4) is 0 Å². The van der Waals surface area contributed by atoms with Crippen molar-refractivity contribution in [3.63, 3.8) is 0 Å². The molecule has 2 nitrogen and oxygen atoms in total. The number of anilines is 1. The summed E-state index contributed by atoms with van der Waals surface area (Å²) in [6, 6.07) is 4.08. The lowest BCUT2D eigenvalue weighted by Crippen LogP contribution is -2.02. The van der Waals surface area contributed by atoms with Crippen molar-refractivity contribution in [2.45, 2.75) is 13.5 Å². The second kappa shape index (κ2) is 4.57. The number of aryl methyl sites for hydroxylation is 1. The van der Waals surface area contributed by atoms with Crippen LogP contribution in [-0.2, 0) is 6.54 Å². The molecule has 1 aromatic heterocycles. The van der Waals surface area contributed by atoms with Crippen LogP contribution in [0.25, 0.3) is 0 Å². The van der Waals surface area contributed by atoms with Crippen LogP contribution in [0.5, 0.6) is 0 Å². The van der Waals surface area contributed by atoms with E-state index < -0.39 is 11.6 Å². The van der Waals surface area contributed by atoms with Gasteiger partial charge in [-0.15, -0.1) is 11.3 Å². The van der Waals surface area contributed by atoms with E-state index in [0.29, 0.717) is 6.54 Å². The minimum Gasteiger partial charge on any atom is -0.378 e. The van der Waals surface area contributed by atoms with Crippen molar-refractivity contribution in [1.82, 2.24) is 4.98 Å². The molecule has 0 radical (unpaired) electrons. The summed E-state index contributed by atoms with van der Waals surface area (Å²) in [5, 5.41) is 2.85. The van der Waals surface area contributed by atoms with Gasteiger partial charge in [0.2, 0.25) is 0 Å². The molecule has 0 atom stereocenters. The molecule has 5 heteroatoms. The van der Waals surface area contributed by atoms with Gasteiger partial charge in [0.1, 0.15) is 0 Å². The Bertz CT molecular complexity index is 496. The van der Waals surface area contributed by atoms with Gasteiger partial charge in [0, 0.05) is 4.88 Å². The van der Waals surface area contributed by atoms with Gasteiger partial charge >= 0.3 is 0 Å². The summed E-state index contributed by atoms with van der Waals surface area (Å²) in [4.78, 5) is 5.10. The van der Waals surface area contributed by atoms with Crippen molar-refractivity contribution < 1.29 is 8.78 Å². The van der Waals surface area contributed by atoms with Crippen molar-refractivity contribution in [1.29, 1.82) is 0 Å². The largest absolute Gasteiger partial charge is 0.378 e. The third-order valence-electron chi connectivity index (χ3n) is 2.24. The molecule has 0 aliphatic carbocycles. The number of thiazole rings is 1. The number of aromatic nitrogens is 1. The predicted molar refractivity (Wildman–Crippen MR) is 60.5 cm³/mol. The minimum atomic E-state index is -0.843. The Morgan fingerprint density at radius 3 is 2.88 bits per heavy atom. The standard InChI is InChI=1S/C11H10F2N2S/c1-7-10(16-6-15-7)5-14-9-4-2-3-8(12)11(9)13/h2-4,6,14H,5H2,1H3. The van der Waals surface area contributed by atoms with Crippen molar-refractivity contribution >= 4 is 17.0 Å². The number of halogens is 2. The highest BCUT2D eigenvalue weighted by Gasteiger charge is 2.08. The third kappa shape index (κ3) is 2.19. The van der Waals surface area contributed by atoms with Gasteiger partial charge in [-0.1, -0.05) is 6.07 Å². The molecule has 0 aliphatic heterocycles. The number of rotatable bonds is 3. The molecule has 0 fully saturated rings. The SMILES string of the molecule is Cc1ncsc1CNc1cccc(F)c1F. The lowest BCUT2D eigenvalue weighted by atomic mass is 10.3. The van der Waals surface area contributed by atoms with Crippen molar-refractivity contribution in [3.05, 3.63) is 45.9 Å². The van der Waals surface area contributed by atoms with Gasteiger partial charge in [0.05, 0.1) is 23.4 Å². The highest BCUT2D eigenvalue weighted by Crippen LogP contribution is 2.19. The number of hydrogen-bond acceptors (Lipinski definition) is 3. The molecular formula is C11H10F2N2S. The highest BCUT2D eigenvalue weighted by atomic mass is 32.1. The molecule has 1 N–H and O–H groups in total. The molecule has 16 heavy (non-hydrogen) atoms. The normalized spacial score (nSPS) is 10.4. The maximum atomic E-state index is 13.3. The third-order valence-corrected chi connectivity index (χ3v) is 3.17. The van der Waals surface area contributed by atoms with E-state index in [-0.39, 0.29) is 5.69 Å². The lowest BCUT2D eigenvalue weighted by molar-refractivity contribution is 0.511. The quantitative estimate of drug-likeness (QED) is 0.890. The first-order valence-electron chi connectivity index (χ1n) is 4.75. The molecular weight excluding hydrogens is 230 g/mol. The summed E-state index contributed by atoms with van der Waals surface area (Å²) in [6.07, 6.45) is 0. The summed E-state index contributed by atoms with van der Waals surface area (Å²) >= 11 is 1.49. The Labute approximate surface area is 96.0 Å². The zero-order valence-electron chi connectivity index (χ0n) is 8.63. The van der Waals surface area contributed by atoms with Gasteiger partial charge < -0.3 is 5.32 Å². The maximum Gasteiger partial charge on any atom is 0.181 e. The number of nitrogens with one attached hydrogen (secondary N) is 1. The van der Waals surface area contributed by atoms with E-state index in [4.69, 9.17) is 0 Å². The van der Waals surface area contributed by atoms with Crippen LogP contribution in [0.1, 0.15) is 10.6 Å². The fourth-order valence-corrected chi connectivity index (χ4v) is 2.03. The monoisotopic (exact) mass is 240 g/mol. The average molecular weight is 240 g/mol. The topological polar surface area (TPSA) is 24.9 Å². The molecule has 0 saturated heterocycles. The lowest BCUT2D eigenvalue weighted by Gasteiger charge is -2.06. The van der Waals surface area contributed by atoms with Gasteiger partial charge in [-0.05, 0) is 19.1 Å². The van der Waals surface area contributed by atoms with Gasteiger partial charge in [-0.3, -0.25) is 0 Å².